The summed E-state index contributed by atoms with van der Waals surface area (Å²) in [5.41, 5.74) is 2.71. The molecule has 2 heterocycles. The van der Waals surface area contributed by atoms with Crippen LogP contribution in [0.15, 0.2) is 52.4 Å². The molecule has 0 N–H and O–H groups in total. The SMILES string of the molecule is CCN(CC)c1nc2c(C)cccn2c(=O)c1C=Nc1ccc(Cl)cc1. The molecule has 0 amide bonds. The highest BCUT2D eigenvalue weighted by Gasteiger charge is 2.16. The summed E-state index contributed by atoms with van der Waals surface area (Å²) in [5, 5.41) is 0.649. The summed E-state index contributed by atoms with van der Waals surface area (Å²) in [6.45, 7) is 7.56. The number of nitrogens with zero attached hydrogens (tertiary/aromatic N) is 4. The Hall–Kier alpha value is -2.66. The Bertz CT molecular complexity index is 1000. The molecule has 0 aliphatic heterocycles. The van der Waals surface area contributed by atoms with E-state index in [1.165, 1.54) is 0 Å². The Morgan fingerprint density at radius 1 is 1.19 bits per heavy atom. The van der Waals surface area contributed by atoms with Gasteiger partial charge in [-0.05, 0) is 56.7 Å². The zero-order valence-electron chi connectivity index (χ0n) is 15.1. The molecule has 26 heavy (non-hydrogen) atoms. The molecule has 0 spiro atoms. The zero-order chi connectivity index (χ0) is 18.7. The van der Waals surface area contributed by atoms with E-state index in [0.29, 0.717) is 22.1 Å². The van der Waals surface area contributed by atoms with E-state index in [2.05, 4.69) is 9.89 Å². The van der Waals surface area contributed by atoms with Gasteiger partial charge < -0.3 is 4.90 Å². The Morgan fingerprint density at radius 2 is 1.88 bits per heavy atom. The first-order valence-electron chi connectivity index (χ1n) is 8.61. The number of aryl methyl sites for hydroxylation is 1. The molecule has 0 fully saturated rings. The zero-order valence-corrected chi connectivity index (χ0v) is 15.9. The quantitative estimate of drug-likeness (QED) is 0.632. The van der Waals surface area contributed by atoms with Crippen molar-refractivity contribution < 1.29 is 0 Å². The van der Waals surface area contributed by atoms with Gasteiger partial charge in [0, 0.05) is 30.5 Å². The summed E-state index contributed by atoms with van der Waals surface area (Å²) in [4.78, 5) is 24.4. The summed E-state index contributed by atoms with van der Waals surface area (Å²) in [5.74, 6) is 0.659. The Kier molecular flexibility index (Phi) is 5.38. The predicted molar refractivity (Wildman–Crippen MR) is 108 cm³/mol. The summed E-state index contributed by atoms with van der Waals surface area (Å²) >= 11 is 5.92. The molecule has 5 nitrogen and oxygen atoms in total. The van der Waals surface area contributed by atoms with E-state index in [1.54, 1.807) is 28.9 Å². The van der Waals surface area contributed by atoms with Crippen LogP contribution in [-0.2, 0) is 0 Å². The summed E-state index contributed by atoms with van der Waals surface area (Å²) in [7, 11) is 0. The average molecular weight is 369 g/mol. The van der Waals surface area contributed by atoms with E-state index in [9.17, 15) is 4.79 Å². The number of aliphatic imine (C=N–C) groups is 1. The minimum absolute atomic E-state index is 0.127. The van der Waals surface area contributed by atoms with Crippen LogP contribution in [0, 0.1) is 6.92 Å². The monoisotopic (exact) mass is 368 g/mol. The van der Waals surface area contributed by atoms with Crippen LogP contribution in [-0.4, -0.2) is 28.7 Å². The smallest absolute Gasteiger partial charge is 0.268 e. The molecule has 2 aromatic heterocycles. The van der Waals surface area contributed by atoms with Gasteiger partial charge in [0.2, 0.25) is 0 Å². The minimum Gasteiger partial charge on any atom is -0.356 e. The van der Waals surface area contributed by atoms with Crippen LogP contribution in [0.2, 0.25) is 5.02 Å². The number of benzene rings is 1. The largest absolute Gasteiger partial charge is 0.356 e. The molecule has 0 atom stereocenters. The normalized spacial score (nSPS) is 11.4. The lowest BCUT2D eigenvalue weighted by Gasteiger charge is -2.22. The van der Waals surface area contributed by atoms with Crippen molar-refractivity contribution in [2.24, 2.45) is 4.99 Å². The van der Waals surface area contributed by atoms with E-state index in [0.717, 1.165) is 24.3 Å². The van der Waals surface area contributed by atoms with Crippen LogP contribution in [0.4, 0.5) is 11.5 Å². The highest BCUT2D eigenvalue weighted by Crippen LogP contribution is 2.19. The minimum atomic E-state index is -0.127. The molecule has 1 aromatic carbocycles. The van der Waals surface area contributed by atoms with Gasteiger partial charge in [0.25, 0.3) is 5.56 Å². The van der Waals surface area contributed by atoms with Crippen molar-refractivity contribution in [3.05, 3.63) is 69.1 Å². The Labute approximate surface area is 157 Å². The van der Waals surface area contributed by atoms with Crippen LogP contribution in [0.5, 0.6) is 0 Å². The van der Waals surface area contributed by atoms with Gasteiger partial charge >= 0.3 is 0 Å². The molecular formula is C20H21ClN4O. The van der Waals surface area contributed by atoms with Crippen molar-refractivity contribution >= 4 is 35.0 Å². The van der Waals surface area contributed by atoms with Crippen LogP contribution in [0.25, 0.3) is 5.65 Å². The van der Waals surface area contributed by atoms with Crippen LogP contribution < -0.4 is 10.5 Å². The fourth-order valence-electron chi connectivity index (χ4n) is 2.84. The van der Waals surface area contributed by atoms with E-state index in [1.807, 2.05) is 45.0 Å². The third-order valence-corrected chi connectivity index (χ3v) is 4.55. The highest BCUT2D eigenvalue weighted by molar-refractivity contribution is 6.30. The fraction of sp³-hybridized carbons (Fsp3) is 0.250. The molecule has 0 bridgehead atoms. The topological polar surface area (TPSA) is 50.0 Å². The van der Waals surface area contributed by atoms with Gasteiger partial charge in [-0.15, -0.1) is 0 Å². The molecular weight excluding hydrogens is 348 g/mol. The van der Waals surface area contributed by atoms with Gasteiger partial charge in [-0.2, -0.15) is 0 Å². The van der Waals surface area contributed by atoms with Gasteiger partial charge in [-0.3, -0.25) is 14.2 Å². The number of aromatic nitrogens is 2. The predicted octanol–water partition coefficient (Wildman–Crippen LogP) is 4.25. The second-order valence-electron chi connectivity index (χ2n) is 5.95. The van der Waals surface area contributed by atoms with Crippen molar-refractivity contribution in [3.63, 3.8) is 0 Å². The van der Waals surface area contributed by atoms with E-state index in [-0.39, 0.29) is 5.56 Å². The van der Waals surface area contributed by atoms with Crippen molar-refractivity contribution in [1.82, 2.24) is 9.38 Å². The second-order valence-corrected chi connectivity index (χ2v) is 6.38. The van der Waals surface area contributed by atoms with E-state index in [4.69, 9.17) is 16.6 Å². The maximum atomic E-state index is 13.1. The number of hydrogen-bond donors (Lipinski definition) is 0. The first kappa shape index (κ1) is 18.1. The molecule has 3 aromatic rings. The van der Waals surface area contributed by atoms with E-state index >= 15 is 0 Å². The van der Waals surface area contributed by atoms with Gasteiger partial charge in [0.15, 0.2) is 0 Å². The van der Waals surface area contributed by atoms with Crippen LogP contribution >= 0.6 is 11.6 Å². The lowest BCUT2D eigenvalue weighted by atomic mass is 10.2. The second kappa shape index (κ2) is 7.70. The number of fused-ring (bicyclic) bond motifs is 1. The summed E-state index contributed by atoms with van der Waals surface area (Å²) in [6, 6.07) is 11.0. The van der Waals surface area contributed by atoms with Gasteiger partial charge in [-0.25, -0.2) is 4.98 Å². The number of rotatable bonds is 5. The molecule has 0 aliphatic carbocycles. The third kappa shape index (κ3) is 3.48. The Morgan fingerprint density at radius 3 is 2.54 bits per heavy atom. The Balaban J connectivity index is 2.21. The third-order valence-electron chi connectivity index (χ3n) is 4.30. The first-order chi connectivity index (χ1) is 12.5. The number of pyridine rings is 1. The molecule has 0 unspecified atom stereocenters. The number of anilines is 1. The molecule has 0 saturated carbocycles. The van der Waals surface area contributed by atoms with Crippen molar-refractivity contribution in [3.8, 4) is 0 Å². The molecule has 0 aliphatic rings. The summed E-state index contributed by atoms with van der Waals surface area (Å²) in [6.07, 6.45) is 3.34. The van der Waals surface area contributed by atoms with Gasteiger partial charge in [0.1, 0.15) is 17.0 Å². The molecule has 0 saturated heterocycles. The van der Waals surface area contributed by atoms with E-state index < -0.39 is 0 Å². The maximum Gasteiger partial charge on any atom is 0.268 e. The fourth-order valence-corrected chi connectivity index (χ4v) is 2.97. The number of halogens is 1. The molecule has 6 heteroatoms. The van der Waals surface area contributed by atoms with Crippen molar-refractivity contribution in [1.29, 1.82) is 0 Å². The number of hydrogen-bond acceptors (Lipinski definition) is 4. The van der Waals surface area contributed by atoms with Crippen molar-refractivity contribution in [2.75, 3.05) is 18.0 Å². The average Bonchev–Trinajstić information content (AvgIpc) is 2.64. The molecule has 3 rings (SSSR count). The highest BCUT2D eigenvalue weighted by atomic mass is 35.5. The lowest BCUT2D eigenvalue weighted by molar-refractivity contribution is 0.837. The maximum absolute atomic E-state index is 13.1. The standard InChI is InChI=1S/C20H21ClN4O/c1-4-24(5-2)19-17(13-22-16-10-8-15(21)9-11-16)20(26)25-12-6-7-14(3)18(25)23-19/h6-13H,4-5H2,1-3H3. The molecule has 0 radical (unpaired) electrons. The summed E-state index contributed by atoms with van der Waals surface area (Å²) < 4.78 is 1.57. The van der Waals surface area contributed by atoms with Crippen LogP contribution in [0.1, 0.15) is 25.0 Å². The molecule has 134 valence electrons. The van der Waals surface area contributed by atoms with Gasteiger partial charge in [-0.1, -0.05) is 17.7 Å². The first-order valence-corrected chi connectivity index (χ1v) is 8.99. The van der Waals surface area contributed by atoms with Crippen LogP contribution in [0.3, 0.4) is 0 Å². The van der Waals surface area contributed by atoms with Crippen molar-refractivity contribution in [2.45, 2.75) is 20.8 Å². The van der Waals surface area contributed by atoms with Gasteiger partial charge in [0.05, 0.1) is 5.69 Å². The lowest BCUT2D eigenvalue weighted by Crippen LogP contribution is -2.30.